The maximum absolute atomic E-state index is 14.1. The molecule has 0 spiro atoms. The quantitative estimate of drug-likeness (QED) is 0.895. The fraction of sp³-hybridized carbons (Fsp3) is 0.250. The molecule has 0 saturated carbocycles. The van der Waals surface area contributed by atoms with Crippen molar-refractivity contribution in [1.29, 1.82) is 0 Å². The van der Waals surface area contributed by atoms with Crippen LogP contribution in [0.25, 0.3) is 0 Å². The van der Waals surface area contributed by atoms with E-state index < -0.39 is 17.7 Å². The standard InChI is InChI=1S/C16H14F2OS/c1-9-6-7-12(17)14(15(9)18)16(19)11-8-20-13-5-3-2-4-10(11)13/h2-7,11,16,19H,8H2,1H3. The molecule has 0 bridgehead atoms. The second-order valence-electron chi connectivity index (χ2n) is 4.99. The molecular weight excluding hydrogens is 278 g/mol. The summed E-state index contributed by atoms with van der Waals surface area (Å²) >= 11 is 1.61. The SMILES string of the molecule is Cc1ccc(F)c(C(O)C2CSc3ccccc32)c1F. The molecule has 0 radical (unpaired) electrons. The number of fused-ring (bicyclic) bond motifs is 1. The third-order valence-corrected chi connectivity index (χ3v) is 4.94. The molecule has 0 aliphatic carbocycles. The Hall–Kier alpha value is -1.39. The van der Waals surface area contributed by atoms with Crippen molar-refractivity contribution in [3.05, 3.63) is 64.7 Å². The molecule has 20 heavy (non-hydrogen) atoms. The summed E-state index contributed by atoms with van der Waals surface area (Å²) in [6.07, 6.45) is -1.16. The largest absolute Gasteiger partial charge is 0.388 e. The van der Waals surface area contributed by atoms with Gasteiger partial charge in [0.05, 0.1) is 11.7 Å². The van der Waals surface area contributed by atoms with Gasteiger partial charge in [-0.3, -0.25) is 0 Å². The minimum Gasteiger partial charge on any atom is -0.388 e. The van der Waals surface area contributed by atoms with E-state index in [0.29, 0.717) is 11.3 Å². The van der Waals surface area contributed by atoms with Gasteiger partial charge in [0.1, 0.15) is 11.6 Å². The second kappa shape index (κ2) is 5.19. The van der Waals surface area contributed by atoms with Crippen LogP contribution in [0.2, 0.25) is 0 Å². The number of benzene rings is 2. The Kier molecular flexibility index (Phi) is 3.52. The monoisotopic (exact) mass is 292 g/mol. The van der Waals surface area contributed by atoms with E-state index >= 15 is 0 Å². The predicted molar refractivity (Wildman–Crippen MR) is 76.0 cm³/mol. The number of halogens is 2. The molecule has 2 unspecified atom stereocenters. The number of thioether (sulfide) groups is 1. The van der Waals surface area contributed by atoms with Gasteiger partial charge < -0.3 is 5.11 Å². The first-order valence-corrected chi connectivity index (χ1v) is 7.42. The lowest BCUT2D eigenvalue weighted by atomic mass is 9.89. The Balaban J connectivity index is 2.03. The highest BCUT2D eigenvalue weighted by Crippen LogP contribution is 2.46. The number of aryl methyl sites for hydroxylation is 1. The summed E-state index contributed by atoms with van der Waals surface area (Å²) in [4.78, 5) is 1.07. The average Bonchev–Trinajstić information content (AvgIpc) is 2.87. The van der Waals surface area contributed by atoms with Crippen LogP contribution in [-0.4, -0.2) is 10.9 Å². The number of aliphatic hydroxyl groups is 1. The average molecular weight is 292 g/mol. The molecule has 1 aliphatic heterocycles. The maximum atomic E-state index is 14.1. The molecule has 1 aliphatic rings. The van der Waals surface area contributed by atoms with Crippen LogP contribution in [0.3, 0.4) is 0 Å². The summed E-state index contributed by atoms with van der Waals surface area (Å²) < 4.78 is 28.0. The van der Waals surface area contributed by atoms with Gasteiger partial charge >= 0.3 is 0 Å². The zero-order valence-corrected chi connectivity index (χ0v) is 11.8. The maximum Gasteiger partial charge on any atom is 0.134 e. The Morgan fingerprint density at radius 3 is 2.75 bits per heavy atom. The van der Waals surface area contributed by atoms with E-state index in [1.807, 2.05) is 24.3 Å². The fourth-order valence-electron chi connectivity index (χ4n) is 2.60. The molecule has 0 aromatic heterocycles. The van der Waals surface area contributed by atoms with E-state index in [1.54, 1.807) is 18.7 Å². The normalized spacial score (nSPS) is 18.9. The van der Waals surface area contributed by atoms with E-state index in [0.717, 1.165) is 10.5 Å². The summed E-state index contributed by atoms with van der Waals surface area (Å²) in [6, 6.07) is 10.3. The highest BCUT2D eigenvalue weighted by atomic mass is 32.2. The Bertz CT molecular complexity index is 657. The third-order valence-electron chi connectivity index (χ3n) is 3.73. The van der Waals surface area contributed by atoms with Crippen LogP contribution >= 0.6 is 11.8 Å². The predicted octanol–water partition coefficient (Wildman–Crippen LogP) is 4.20. The summed E-state index contributed by atoms with van der Waals surface area (Å²) in [5, 5.41) is 10.5. The van der Waals surface area contributed by atoms with Gasteiger partial charge in [-0.2, -0.15) is 0 Å². The van der Waals surface area contributed by atoms with Gasteiger partial charge in [0.15, 0.2) is 0 Å². The first-order chi connectivity index (χ1) is 9.59. The van der Waals surface area contributed by atoms with Crippen LogP contribution in [0.5, 0.6) is 0 Å². The summed E-state index contributed by atoms with van der Waals surface area (Å²) in [7, 11) is 0. The first kappa shape index (κ1) is 13.6. The van der Waals surface area contributed by atoms with Gasteiger partial charge in [-0.05, 0) is 30.2 Å². The third kappa shape index (κ3) is 2.13. The van der Waals surface area contributed by atoms with E-state index in [2.05, 4.69) is 0 Å². The molecule has 0 amide bonds. The van der Waals surface area contributed by atoms with Gasteiger partial charge in [0.2, 0.25) is 0 Å². The zero-order chi connectivity index (χ0) is 14.3. The molecule has 2 aromatic carbocycles. The number of rotatable bonds is 2. The molecule has 0 saturated heterocycles. The zero-order valence-electron chi connectivity index (χ0n) is 10.9. The molecule has 4 heteroatoms. The van der Waals surface area contributed by atoms with Crippen molar-refractivity contribution >= 4 is 11.8 Å². The highest BCUT2D eigenvalue weighted by Gasteiger charge is 2.33. The molecule has 1 nitrogen and oxygen atoms in total. The van der Waals surface area contributed by atoms with E-state index in [9.17, 15) is 13.9 Å². The Morgan fingerprint density at radius 2 is 1.95 bits per heavy atom. The van der Waals surface area contributed by atoms with Crippen LogP contribution < -0.4 is 0 Å². The van der Waals surface area contributed by atoms with E-state index in [1.165, 1.54) is 12.1 Å². The second-order valence-corrected chi connectivity index (χ2v) is 6.05. The fourth-order valence-corrected chi connectivity index (χ4v) is 3.88. The van der Waals surface area contributed by atoms with Gasteiger partial charge in [-0.15, -0.1) is 11.8 Å². The minimum atomic E-state index is -1.16. The van der Waals surface area contributed by atoms with Crippen molar-refractivity contribution in [2.24, 2.45) is 0 Å². The molecule has 0 fully saturated rings. The number of aliphatic hydroxyl groups excluding tert-OH is 1. The van der Waals surface area contributed by atoms with Gasteiger partial charge in [0, 0.05) is 16.6 Å². The molecule has 2 aromatic rings. The van der Waals surface area contributed by atoms with Crippen LogP contribution in [0, 0.1) is 18.6 Å². The Morgan fingerprint density at radius 1 is 1.20 bits per heavy atom. The molecule has 3 rings (SSSR count). The Labute approximate surface area is 120 Å². The van der Waals surface area contributed by atoms with Gasteiger partial charge in [0.25, 0.3) is 0 Å². The van der Waals surface area contributed by atoms with E-state index in [4.69, 9.17) is 0 Å². The molecular formula is C16H14F2OS. The van der Waals surface area contributed by atoms with Crippen molar-refractivity contribution < 1.29 is 13.9 Å². The lowest BCUT2D eigenvalue weighted by Crippen LogP contribution is -2.14. The minimum absolute atomic E-state index is 0.215. The molecule has 1 N–H and O–H groups in total. The lowest BCUT2D eigenvalue weighted by molar-refractivity contribution is 0.144. The van der Waals surface area contributed by atoms with Gasteiger partial charge in [-0.1, -0.05) is 24.3 Å². The van der Waals surface area contributed by atoms with Crippen molar-refractivity contribution in [2.75, 3.05) is 5.75 Å². The van der Waals surface area contributed by atoms with Crippen LogP contribution in [-0.2, 0) is 0 Å². The molecule has 2 atom stereocenters. The van der Waals surface area contributed by atoms with E-state index in [-0.39, 0.29) is 11.5 Å². The summed E-state index contributed by atoms with van der Waals surface area (Å²) in [6.45, 7) is 1.57. The van der Waals surface area contributed by atoms with Crippen LogP contribution in [0.15, 0.2) is 41.3 Å². The van der Waals surface area contributed by atoms with Crippen molar-refractivity contribution in [2.45, 2.75) is 23.8 Å². The van der Waals surface area contributed by atoms with Gasteiger partial charge in [-0.25, -0.2) is 8.78 Å². The van der Waals surface area contributed by atoms with Crippen LogP contribution in [0.4, 0.5) is 8.78 Å². The molecule has 1 heterocycles. The number of hydrogen-bond acceptors (Lipinski definition) is 2. The number of hydrogen-bond donors (Lipinski definition) is 1. The van der Waals surface area contributed by atoms with Crippen molar-refractivity contribution in [1.82, 2.24) is 0 Å². The highest BCUT2D eigenvalue weighted by molar-refractivity contribution is 7.99. The smallest absolute Gasteiger partial charge is 0.134 e. The topological polar surface area (TPSA) is 20.2 Å². The van der Waals surface area contributed by atoms with Crippen molar-refractivity contribution in [3.63, 3.8) is 0 Å². The van der Waals surface area contributed by atoms with Crippen molar-refractivity contribution in [3.8, 4) is 0 Å². The van der Waals surface area contributed by atoms with Crippen LogP contribution in [0.1, 0.15) is 28.7 Å². The lowest BCUT2D eigenvalue weighted by Gasteiger charge is -2.20. The summed E-state index contributed by atoms with van der Waals surface area (Å²) in [5.41, 5.74) is 1.09. The molecule has 104 valence electrons. The first-order valence-electron chi connectivity index (χ1n) is 6.44. The summed E-state index contributed by atoms with van der Waals surface area (Å²) in [5.74, 6) is -0.975.